The van der Waals surface area contributed by atoms with Gasteiger partial charge in [0.25, 0.3) is 0 Å². The molecule has 2 fully saturated rings. The lowest BCUT2D eigenvalue weighted by molar-refractivity contribution is -0.0191. The lowest BCUT2D eigenvalue weighted by Crippen LogP contribution is -2.25. The van der Waals surface area contributed by atoms with Crippen LogP contribution in [0.3, 0.4) is 0 Å². The quantitative estimate of drug-likeness (QED) is 0.776. The topological polar surface area (TPSA) is 29.5 Å². The Kier molecular flexibility index (Phi) is 4.45. The van der Waals surface area contributed by atoms with E-state index in [0.717, 1.165) is 31.8 Å². The van der Waals surface area contributed by atoms with E-state index in [1.165, 1.54) is 38.5 Å². The Hall–Kier alpha value is -0.0800. The van der Waals surface area contributed by atoms with Gasteiger partial charge in [0.2, 0.25) is 0 Å². The molecule has 0 aromatic carbocycles. The van der Waals surface area contributed by atoms with Crippen LogP contribution in [-0.2, 0) is 4.74 Å². The highest BCUT2D eigenvalue weighted by Gasteiger charge is 2.22. The zero-order chi connectivity index (χ0) is 10.5. The van der Waals surface area contributed by atoms with E-state index >= 15 is 0 Å². The number of hydrogen-bond donors (Lipinski definition) is 1. The number of rotatable bonds is 4. The molecule has 1 saturated heterocycles. The zero-order valence-electron chi connectivity index (χ0n) is 9.66. The van der Waals surface area contributed by atoms with Gasteiger partial charge in [-0.25, -0.2) is 0 Å². The summed E-state index contributed by atoms with van der Waals surface area (Å²) < 4.78 is 5.65. The van der Waals surface area contributed by atoms with Crippen LogP contribution in [-0.4, -0.2) is 23.9 Å². The van der Waals surface area contributed by atoms with Crippen LogP contribution in [0.5, 0.6) is 0 Å². The van der Waals surface area contributed by atoms with E-state index < -0.39 is 0 Å². The molecule has 2 heteroatoms. The molecule has 1 saturated carbocycles. The maximum Gasteiger partial charge on any atom is 0.0599 e. The molecule has 88 valence electrons. The molecule has 2 unspecified atom stereocenters. The summed E-state index contributed by atoms with van der Waals surface area (Å²) in [6, 6.07) is 0. The third-order valence-electron chi connectivity index (χ3n) is 3.89. The molecular formula is C13H24O2. The highest BCUT2D eigenvalue weighted by Crippen LogP contribution is 2.30. The van der Waals surface area contributed by atoms with Crippen molar-refractivity contribution in [2.24, 2.45) is 5.92 Å². The standard InChI is InChI=1S/C13H24O2/c14-12(9-11-5-1-2-6-11)10-13-7-3-4-8-15-13/h11-14H,1-10H2. The van der Waals surface area contributed by atoms with Gasteiger partial charge in [-0.1, -0.05) is 25.7 Å². The van der Waals surface area contributed by atoms with Crippen molar-refractivity contribution in [3.8, 4) is 0 Å². The summed E-state index contributed by atoms with van der Waals surface area (Å²) in [5.41, 5.74) is 0. The summed E-state index contributed by atoms with van der Waals surface area (Å²) >= 11 is 0. The minimum atomic E-state index is -0.115. The third kappa shape index (κ3) is 3.76. The predicted molar refractivity (Wildman–Crippen MR) is 60.8 cm³/mol. The Balaban J connectivity index is 1.64. The normalized spacial score (nSPS) is 30.6. The van der Waals surface area contributed by atoms with Crippen LogP contribution in [0.4, 0.5) is 0 Å². The van der Waals surface area contributed by atoms with E-state index in [4.69, 9.17) is 4.74 Å². The predicted octanol–water partition coefficient (Wildman–Crippen LogP) is 2.89. The molecule has 0 spiro atoms. The number of aliphatic hydroxyl groups excluding tert-OH is 1. The molecule has 0 bridgehead atoms. The third-order valence-corrected chi connectivity index (χ3v) is 3.89. The number of hydrogen-bond acceptors (Lipinski definition) is 2. The number of ether oxygens (including phenoxy) is 1. The lowest BCUT2D eigenvalue weighted by Gasteiger charge is -2.25. The summed E-state index contributed by atoms with van der Waals surface area (Å²) in [4.78, 5) is 0. The molecule has 1 heterocycles. The van der Waals surface area contributed by atoms with Gasteiger partial charge in [-0.05, 0) is 38.0 Å². The van der Waals surface area contributed by atoms with Gasteiger partial charge in [0.15, 0.2) is 0 Å². The van der Waals surface area contributed by atoms with E-state index in [2.05, 4.69) is 0 Å². The fourth-order valence-corrected chi connectivity index (χ4v) is 3.02. The zero-order valence-corrected chi connectivity index (χ0v) is 9.66. The molecule has 1 aliphatic heterocycles. The van der Waals surface area contributed by atoms with Crippen LogP contribution < -0.4 is 0 Å². The van der Waals surface area contributed by atoms with Crippen molar-refractivity contribution in [3.63, 3.8) is 0 Å². The van der Waals surface area contributed by atoms with Crippen molar-refractivity contribution in [2.45, 2.75) is 70.0 Å². The molecule has 2 atom stereocenters. The molecule has 0 amide bonds. The SMILES string of the molecule is OC(CC1CCCC1)CC1CCCCO1. The second-order valence-electron chi connectivity index (χ2n) is 5.26. The molecule has 1 aliphatic carbocycles. The summed E-state index contributed by atoms with van der Waals surface area (Å²) in [5.74, 6) is 0.795. The molecule has 2 nitrogen and oxygen atoms in total. The van der Waals surface area contributed by atoms with Gasteiger partial charge < -0.3 is 9.84 Å². The fraction of sp³-hybridized carbons (Fsp3) is 1.00. The van der Waals surface area contributed by atoms with Crippen LogP contribution in [0.15, 0.2) is 0 Å². The van der Waals surface area contributed by atoms with Gasteiger partial charge in [0.1, 0.15) is 0 Å². The lowest BCUT2D eigenvalue weighted by atomic mass is 9.95. The van der Waals surface area contributed by atoms with E-state index in [1.807, 2.05) is 0 Å². The molecule has 2 aliphatic rings. The largest absolute Gasteiger partial charge is 0.393 e. The minimum Gasteiger partial charge on any atom is -0.393 e. The highest BCUT2D eigenvalue weighted by atomic mass is 16.5. The van der Waals surface area contributed by atoms with Crippen molar-refractivity contribution in [1.82, 2.24) is 0 Å². The van der Waals surface area contributed by atoms with Crippen molar-refractivity contribution in [1.29, 1.82) is 0 Å². The molecule has 0 aromatic heterocycles. The Labute approximate surface area is 93.0 Å². The van der Waals surface area contributed by atoms with Gasteiger partial charge in [0.05, 0.1) is 12.2 Å². The summed E-state index contributed by atoms with van der Waals surface area (Å²) in [7, 11) is 0. The van der Waals surface area contributed by atoms with Crippen molar-refractivity contribution in [2.75, 3.05) is 6.61 Å². The summed E-state index contributed by atoms with van der Waals surface area (Å²) in [6.07, 6.45) is 11.2. The van der Waals surface area contributed by atoms with Crippen LogP contribution in [0.2, 0.25) is 0 Å². The van der Waals surface area contributed by atoms with E-state index in [1.54, 1.807) is 0 Å². The molecular weight excluding hydrogens is 188 g/mol. The maximum absolute atomic E-state index is 9.98. The number of aliphatic hydroxyl groups is 1. The maximum atomic E-state index is 9.98. The summed E-state index contributed by atoms with van der Waals surface area (Å²) in [5, 5.41) is 9.98. The monoisotopic (exact) mass is 212 g/mol. The molecule has 0 aromatic rings. The first-order chi connectivity index (χ1) is 7.34. The Morgan fingerprint density at radius 3 is 2.40 bits per heavy atom. The van der Waals surface area contributed by atoms with Crippen molar-refractivity contribution < 1.29 is 9.84 Å². The average molecular weight is 212 g/mol. The van der Waals surface area contributed by atoms with Gasteiger partial charge in [-0.3, -0.25) is 0 Å². The second kappa shape index (κ2) is 5.86. The van der Waals surface area contributed by atoms with E-state index in [-0.39, 0.29) is 6.10 Å². The minimum absolute atomic E-state index is 0.115. The Bertz CT molecular complexity index is 169. The van der Waals surface area contributed by atoms with Gasteiger partial charge in [-0.2, -0.15) is 0 Å². The van der Waals surface area contributed by atoms with Gasteiger partial charge in [-0.15, -0.1) is 0 Å². The van der Waals surface area contributed by atoms with Crippen LogP contribution in [0.1, 0.15) is 57.8 Å². The molecule has 0 radical (unpaired) electrons. The first-order valence-corrected chi connectivity index (χ1v) is 6.64. The fourth-order valence-electron chi connectivity index (χ4n) is 3.02. The van der Waals surface area contributed by atoms with Crippen molar-refractivity contribution in [3.05, 3.63) is 0 Å². The van der Waals surface area contributed by atoms with E-state index in [9.17, 15) is 5.11 Å². The molecule has 15 heavy (non-hydrogen) atoms. The Morgan fingerprint density at radius 1 is 1.00 bits per heavy atom. The van der Waals surface area contributed by atoms with Crippen LogP contribution in [0.25, 0.3) is 0 Å². The second-order valence-corrected chi connectivity index (χ2v) is 5.26. The smallest absolute Gasteiger partial charge is 0.0599 e. The molecule has 1 N–H and O–H groups in total. The molecule has 2 rings (SSSR count). The van der Waals surface area contributed by atoms with E-state index in [0.29, 0.717) is 6.10 Å². The Morgan fingerprint density at radius 2 is 1.73 bits per heavy atom. The van der Waals surface area contributed by atoms with Crippen LogP contribution >= 0.6 is 0 Å². The van der Waals surface area contributed by atoms with Crippen LogP contribution in [0, 0.1) is 5.92 Å². The van der Waals surface area contributed by atoms with Gasteiger partial charge >= 0.3 is 0 Å². The first-order valence-electron chi connectivity index (χ1n) is 6.64. The first kappa shape index (κ1) is 11.4. The average Bonchev–Trinajstić information content (AvgIpc) is 2.71. The van der Waals surface area contributed by atoms with Gasteiger partial charge in [0, 0.05) is 6.61 Å². The van der Waals surface area contributed by atoms with Crippen molar-refractivity contribution >= 4 is 0 Å². The highest BCUT2D eigenvalue weighted by molar-refractivity contribution is 4.74. The summed E-state index contributed by atoms with van der Waals surface area (Å²) in [6.45, 7) is 0.904.